The van der Waals surface area contributed by atoms with E-state index in [0.29, 0.717) is 31.0 Å². The van der Waals surface area contributed by atoms with Crippen LogP contribution in [0.5, 0.6) is 0 Å². The zero-order valence-corrected chi connectivity index (χ0v) is 12.7. The predicted octanol–water partition coefficient (Wildman–Crippen LogP) is -0.274. The molecule has 4 N–H and O–H groups in total. The van der Waals surface area contributed by atoms with Crippen molar-refractivity contribution in [2.45, 2.75) is 17.9 Å². The highest BCUT2D eigenvalue weighted by molar-refractivity contribution is 7.91. The highest BCUT2D eigenvalue weighted by Gasteiger charge is 2.27. The van der Waals surface area contributed by atoms with Crippen LogP contribution in [-0.2, 0) is 21.2 Å². The van der Waals surface area contributed by atoms with Gasteiger partial charge in [0.2, 0.25) is 5.91 Å². The van der Waals surface area contributed by atoms with Crippen LogP contribution in [0, 0.1) is 5.92 Å². The molecule has 1 aliphatic rings. The van der Waals surface area contributed by atoms with Gasteiger partial charge in [0, 0.05) is 19.6 Å². The Labute approximate surface area is 125 Å². The van der Waals surface area contributed by atoms with Gasteiger partial charge >= 0.3 is 0 Å². The van der Waals surface area contributed by atoms with Crippen molar-refractivity contribution in [1.29, 1.82) is 0 Å². The molecule has 1 saturated heterocycles. The van der Waals surface area contributed by atoms with Crippen molar-refractivity contribution < 1.29 is 13.2 Å². The highest BCUT2D eigenvalue weighted by Crippen LogP contribution is 2.17. The molecule has 2 rings (SSSR count). The van der Waals surface area contributed by atoms with Crippen LogP contribution in [0.3, 0.4) is 0 Å². The first-order valence-corrected chi connectivity index (χ1v) is 8.61. The molecule has 0 aliphatic carbocycles. The molecule has 0 aromatic heterocycles. The predicted molar refractivity (Wildman–Crippen MR) is 80.1 cm³/mol. The Morgan fingerprint density at radius 1 is 1.29 bits per heavy atom. The van der Waals surface area contributed by atoms with E-state index in [9.17, 15) is 13.2 Å². The lowest BCUT2D eigenvalue weighted by Gasteiger charge is -2.15. The van der Waals surface area contributed by atoms with Crippen LogP contribution in [0.1, 0.15) is 12.0 Å². The third-order valence-electron chi connectivity index (χ3n) is 3.87. The van der Waals surface area contributed by atoms with E-state index in [2.05, 4.69) is 0 Å². The van der Waals surface area contributed by atoms with E-state index in [1.54, 1.807) is 24.3 Å². The summed E-state index contributed by atoms with van der Waals surface area (Å²) in [6.07, 6.45) is 0.709. The monoisotopic (exact) mass is 311 g/mol. The Morgan fingerprint density at radius 3 is 2.48 bits per heavy atom. The van der Waals surface area contributed by atoms with Gasteiger partial charge in [0.15, 0.2) is 9.84 Å². The number of likely N-dealkylation sites (tertiary alicyclic amines) is 1. The second-order valence-electron chi connectivity index (χ2n) is 5.36. The summed E-state index contributed by atoms with van der Waals surface area (Å²) in [6.45, 7) is 2.08. The summed E-state index contributed by atoms with van der Waals surface area (Å²) in [4.78, 5) is 13.4. The van der Waals surface area contributed by atoms with Crippen LogP contribution in [0.2, 0.25) is 0 Å². The SMILES string of the molecule is NCc1ccc(S(=O)(=O)CCN2CCC(C(N)=O)C2)cc1. The van der Waals surface area contributed by atoms with Crippen LogP contribution in [0.25, 0.3) is 0 Å². The van der Waals surface area contributed by atoms with E-state index in [1.165, 1.54) is 0 Å². The van der Waals surface area contributed by atoms with Gasteiger partial charge in [-0.1, -0.05) is 12.1 Å². The average molecular weight is 311 g/mol. The maximum atomic E-state index is 12.3. The molecule has 0 radical (unpaired) electrons. The zero-order valence-electron chi connectivity index (χ0n) is 11.9. The second-order valence-corrected chi connectivity index (χ2v) is 7.46. The topological polar surface area (TPSA) is 106 Å². The fraction of sp³-hybridized carbons (Fsp3) is 0.500. The summed E-state index contributed by atoms with van der Waals surface area (Å²) < 4.78 is 24.5. The van der Waals surface area contributed by atoms with Crippen LogP contribution in [-0.4, -0.2) is 44.6 Å². The minimum Gasteiger partial charge on any atom is -0.369 e. The van der Waals surface area contributed by atoms with Gasteiger partial charge in [-0.2, -0.15) is 0 Å². The number of carbonyl (C=O) groups is 1. The van der Waals surface area contributed by atoms with Gasteiger partial charge in [0.25, 0.3) is 0 Å². The van der Waals surface area contributed by atoms with Gasteiger partial charge in [-0.15, -0.1) is 0 Å². The number of amides is 1. The number of nitrogens with two attached hydrogens (primary N) is 2. The lowest BCUT2D eigenvalue weighted by atomic mass is 10.1. The molecule has 1 aliphatic heterocycles. The summed E-state index contributed by atoms with van der Waals surface area (Å²) in [7, 11) is -3.31. The number of rotatable bonds is 6. The molecule has 1 aromatic rings. The van der Waals surface area contributed by atoms with Crippen molar-refractivity contribution in [1.82, 2.24) is 4.90 Å². The summed E-state index contributed by atoms with van der Waals surface area (Å²) >= 11 is 0. The second kappa shape index (κ2) is 6.55. The Kier molecular flexibility index (Phi) is 4.97. The first-order chi connectivity index (χ1) is 9.92. The number of sulfone groups is 1. The van der Waals surface area contributed by atoms with E-state index < -0.39 is 9.84 Å². The molecule has 21 heavy (non-hydrogen) atoms. The third kappa shape index (κ3) is 4.03. The number of carbonyl (C=O) groups excluding carboxylic acids is 1. The Hall–Kier alpha value is -1.44. The quantitative estimate of drug-likeness (QED) is 0.752. The minimum atomic E-state index is -3.31. The lowest BCUT2D eigenvalue weighted by molar-refractivity contribution is -0.121. The van der Waals surface area contributed by atoms with Crippen molar-refractivity contribution in [3.05, 3.63) is 29.8 Å². The van der Waals surface area contributed by atoms with Crippen molar-refractivity contribution in [3.8, 4) is 0 Å². The van der Waals surface area contributed by atoms with E-state index in [-0.39, 0.29) is 17.6 Å². The molecule has 1 atom stereocenters. The maximum Gasteiger partial charge on any atom is 0.221 e. The van der Waals surface area contributed by atoms with Crippen LogP contribution in [0.15, 0.2) is 29.2 Å². The largest absolute Gasteiger partial charge is 0.369 e. The third-order valence-corrected chi connectivity index (χ3v) is 5.58. The molecule has 1 amide bonds. The Morgan fingerprint density at radius 2 is 1.95 bits per heavy atom. The van der Waals surface area contributed by atoms with Gasteiger partial charge in [-0.05, 0) is 30.7 Å². The number of primary amides is 1. The van der Waals surface area contributed by atoms with Crippen molar-refractivity contribution in [3.63, 3.8) is 0 Å². The van der Waals surface area contributed by atoms with Crippen molar-refractivity contribution >= 4 is 15.7 Å². The van der Waals surface area contributed by atoms with E-state index in [4.69, 9.17) is 11.5 Å². The van der Waals surface area contributed by atoms with Gasteiger partial charge in [0.05, 0.1) is 16.6 Å². The van der Waals surface area contributed by atoms with Crippen LogP contribution in [0.4, 0.5) is 0 Å². The molecule has 1 aromatic carbocycles. The molecule has 1 fully saturated rings. The van der Waals surface area contributed by atoms with E-state index in [1.807, 2.05) is 4.90 Å². The van der Waals surface area contributed by atoms with Crippen molar-refractivity contribution in [2.24, 2.45) is 17.4 Å². The molecule has 1 heterocycles. The molecular weight excluding hydrogens is 290 g/mol. The zero-order chi connectivity index (χ0) is 15.5. The normalized spacial score (nSPS) is 19.8. The molecule has 7 heteroatoms. The number of benzene rings is 1. The van der Waals surface area contributed by atoms with E-state index in [0.717, 1.165) is 12.1 Å². The van der Waals surface area contributed by atoms with Gasteiger partial charge in [-0.25, -0.2) is 8.42 Å². The Balaban J connectivity index is 1.94. The lowest BCUT2D eigenvalue weighted by Crippen LogP contribution is -2.30. The van der Waals surface area contributed by atoms with E-state index >= 15 is 0 Å². The number of hydrogen-bond acceptors (Lipinski definition) is 5. The smallest absolute Gasteiger partial charge is 0.221 e. The fourth-order valence-corrected chi connectivity index (χ4v) is 3.75. The molecule has 0 spiro atoms. The molecule has 0 bridgehead atoms. The van der Waals surface area contributed by atoms with Crippen LogP contribution < -0.4 is 11.5 Å². The summed E-state index contributed by atoms with van der Waals surface area (Å²) in [5, 5.41) is 0. The highest BCUT2D eigenvalue weighted by atomic mass is 32.2. The Bertz CT molecular complexity index is 598. The summed E-state index contributed by atoms with van der Waals surface area (Å²) in [6, 6.07) is 6.64. The summed E-state index contributed by atoms with van der Waals surface area (Å²) in [5.41, 5.74) is 11.7. The van der Waals surface area contributed by atoms with Gasteiger partial charge in [-0.3, -0.25) is 4.79 Å². The number of nitrogens with zero attached hydrogens (tertiary/aromatic N) is 1. The molecular formula is C14H21N3O3S. The summed E-state index contributed by atoms with van der Waals surface area (Å²) in [5.74, 6) is -0.422. The van der Waals surface area contributed by atoms with Gasteiger partial charge < -0.3 is 16.4 Å². The maximum absolute atomic E-state index is 12.3. The minimum absolute atomic E-state index is 0.0421. The molecule has 1 unspecified atom stereocenters. The standard InChI is InChI=1S/C14H21N3O3S/c15-9-11-1-3-13(4-2-11)21(19,20)8-7-17-6-5-12(10-17)14(16)18/h1-4,12H,5-10,15H2,(H2,16,18). The fourth-order valence-electron chi connectivity index (χ4n) is 2.47. The van der Waals surface area contributed by atoms with Crippen LogP contribution >= 0.6 is 0 Å². The average Bonchev–Trinajstić information content (AvgIpc) is 2.94. The molecule has 116 valence electrons. The van der Waals surface area contributed by atoms with Gasteiger partial charge in [0.1, 0.15) is 0 Å². The first kappa shape index (κ1) is 15.9. The van der Waals surface area contributed by atoms with Crippen molar-refractivity contribution in [2.75, 3.05) is 25.4 Å². The molecule has 0 saturated carbocycles. The number of hydrogen-bond donors (Lipinski definition) is 2. The first-order valence-electron chi connectivity index (χ1n) is 6.96. The molecule has 6 nitrogen and oxygen atoms in total.